The van der Waals surface area contributed by atoms with Gasteiger partial charge in [-0.05, 0) is 74.8 Å². The van der Waals surface area contributed by atoms with Crippen LogP contribution in [0, 0.1) is 0 Å². The van der Waals surface area contributed by atoms with Crippen molar-refractivity contribution >= 4 is 86.7 Å². The molecule has 4 heteroatoms. The number of pyridine rings is 1. The van der Waals surface area contributed by atoms with Gasteiger partial charge in [0.2, 0.25) is 0 Å². The van der Waals surface area contributed by atoms with Crippen molar-refractivity contribution in [2.45, 2.75) is 0 Å². The second kappa shape index (κ2) is 12.7. The quantitative estimate of drug-likeness (QED) is 0.132. The van der Waals surface area contributed by atoms with Crippen molar-refractivity contribution < 1.29 is 0 Å². The van der Waals surface area contributed by atoms with Gasteiger partial charge in [-0.1, -0.05) is 158 Å². The minimum atomic E-state index is 0.875. The van der Waals surface area contributed by atoms with Gasteiger partial charge in [0.25, 0.3) is 0 Å². The monoisotopic (exact) mass is 762 g/mol. The third-order valence-electron chi connectivity index (χ3n) is 12.5. The maximum Gasteiger partial charge on any atom is 0.145 e. The Morgan fingerprint density at radius 2 is 0.917 bits per heavy atom. The molecule has 0 atom stereocenters. The first-order valence-electron chi connectivity index (χ1n) is 20.5. The first-order chi connectivity index (χ1) is 29.8. The van der Waals surface area contributed by atoms with E-state index < -0.39 is 0 Å². The van der Waals surface area contributed by atoms with Crippen molar-refractivity contribution in [1.82, 2.24) is 19.1 Å². The van der Waals surface area contributed by atoms with Crippen LogP contribution in [-0.4, -0.2) is 19.1 Å². The number of para-hydroxylation sites is 2. The molecule has 13 aromatic rings. The van der Waals surface area contributed by atoms with E-state index in [0.29, 0.717) is 0 Å². The second-order valence-electron chi connectivity index (χ2n) is 15.7. The van der Waals surface area contributed by atoms with E-state index in [1.807, 2.05) is 0 Å². The first-order valence-corrected chi connectivity index (χ1v) is 20.5. The Hall–Kier alpha value is -8.08. The smallest absolute Gasteiger partial charge is 0.145 e. The number of rotatable bonds is 4. The molecule has 0 spiro atoms. The number of benzene rings is 10. The summed E-state index contributed by atoms with van der Waals surface area (Å²) in [6.07, 6.45) is 2.09. The molecule has 0 N–H and O–H groups in total. The zero-order chi connectivity index (χ0) is 39.3. The molecule has 4 nitrogen and oxygen atoms in total. The molecule has 0 unspecified atom stereocenters. The Bertz CT molecular complexity index is 3840. The zero-order valence-electron chi connectivity index (χ0n) is 32.4. The van der Waals surface area contributed by atoms with E-state index in [1.54, 1.807) is 0 Å². The van der Waals surface area contributed by atoms with E-state index >= 15 is 0 Å². The van der Waals surface area contributed by atoms with Crippen LogP contribution >= 0.6 is 0 Å². The lowest BCUT2D eigenvalue weighted by Crippen LogP contribution is -2.02. The Labute approximate surface area is 344 Å². The predicted molar refractivity (Wildman–Crippen MR) is 252 cm³/mol. The van der Waals surface area contributed by atoms with Crippen molar-refractivity contribution in [2.24, 2.45) is 0 Å². The van der Waals surface area contributed by atoms with E-state index in [0.717, 1.165) is 72.1 Å². The Balaban J connectivity index is 1.16. The van der Waals surface area contributed by atoms with E-state index in [2.05, 4.69) is 216 Å². The van der Waals surface area contributed by atoms with Crippen LogP contribution in [0.2, 0.25) is 0 Å². The fraction of sp³-hybridized carbons (Fsp3) is 0. The summed E-state index contributed by atoms with van der Waals surface area (Å²) < 4.78 is 4.76. The summed E-state index contributed by atoms with van der Waals surface area (Å²) in [5.41, 5.74) is 9.66. The average Bonchev–Trinajstić information content (AvgIpc) is 3.88. The van der Waals surface area contributed by atoms with E-state index in [9.17, 15) is 0 Å². The van der Waals surface area contributed by atoms with Gasteiger partial charge in [0.1, 0.15) is 5.82 Å². The molecule has 0 saturated carbocycles. The molecule has 0 bridgehead atoms. The summed E-state index contributed by atoms with van der Waals surface area (Å²) in [6, 6.07) is 72.1. The van der Waals surface area contributed by atoms with Gasteiger partial charge in [0.05, 0.1) is 39.6 Å². The molecule has 13 rings (SSSR count). The largest absolute Gasteiger partial charge is 0.309 e. The van der Waals surface area contributed by atoms with Crippen LogP contribution in [0.3, 0.4) is 0 Å². The third kappa shape index (κ3) is 4.67. The highest BCUT2D eigenvalue weighted by Crippen LogP contribution is 2.44. The summed E-state index contributed by atoms with van der Waals surface area (Å²) >= 11 is 0. The summed E-state index contributed by atoms with van der Waals surface area (Å²) in [4.78, 5) is 11.2. The van der Waals surface area contributed by atoms with Crippen LogP contribution in [0.1, 0.15) is 0 Å². The number of aromatic nitrogens is 4. The Kier molecular flexibility index (Phi) is 6.98. The normalized spacial score (nSPS) is 12.0. The molecule has 0 saturated heterocycles. The van der Waals surface area contributed by atoms with Crippen molar-refractivity contribution in [3.8, 4) is 34.0 Å². The zero-order valence-corrected chi connectivity index (χ0v) is 32.4. The van der Waals surface area contributed by atoms with Crippen LogP contribution in [0.4, 0.5) is 0 Å². The van der Waals surface area contributed by atoms with Crippen LogP contribution in [0.5, 0.6) is 0 Å². The molecule has 0 aliphatic heterocycles. The lowest BCUT2D eigenvalue weighted by molar-refractivity contribution is 1.10. The van der Waals surface area contributed by atoms with Crippen molar-refractivity contribution in [1.29, 1.82) is 0 Å². The lowest BCUT2D eigenvalue weighted by atomic mass is 9.92. The fourth-order valence-electron chi connectivity index (χ4n) is 9.92. The second-order valence-corrected chi connectivity index (χ2v) is 15.7. The molecule has 0 fully saturated rings. The molecular formula is C56H34N4. The van der Waals surface area contributed by atoms with Crippen LogP contribution in [-0.2, 0) is 0 Å². The standard InChI is InChI=1S/C56H34N4/c1-2-18-38(19-3-1)59-49-29-15-14-25-44(49)48-33-37(30-31-50(48)59)56-58-54-45-26-11-8-22-41(45)42-23-9-13-28-47(42)55(54)60(56)51-34-57-53(46-27-12-10-24-43(46)51)52-39-20-6-4-16-35(39)32-36-17-5-7-21-40(36)52/h1-34H. The highest BCUT2D eigenvalue weighted by Gasteiger charge is 2.24. The predicted octanol–water partition coefficient (Wildman–Crippen LogP) is 14.6. The summed E-state index contributed by atoms with van der Waals surface area (Å²) in [7, 11) is 0. The molecule has 3 aromatic heterocycles. The minimum Gasteiger partial charge on any atom is -0.309 e. The number of hydrogen-bond acceptors (Lipinski definition) is 2. The highest BCUT2D eigenvalue weighted by molar-refractivity contribution is 6.25. The third-order valence-corrected chi connectivity index (χ3v) is 12.5. The SMILES string of the molecule is c1ccc(-n2c3ccccc3c3cc(-c4nc5c6ccccc6c6ccccc6c5n4-c4cnc(-c5c6ccccc6cc6ccccc56)c5ccccc45)ccc32)cc1. The Morgan fingerprint density at radius 3 is 1.65 bits per heavy atom. The fourth-order valence-corrected chi connectivity index (χ4v) is 9.92. The molecule has 0 amide bonds. The number of hydrogen-bond donors (Lipinski definition) is 0. The van der Waals surface area contributed by atoms with Gasteiger partial charge in [-0.25, -0.2) is 4.98 Å². The molecule has 0 radical (unpaired) electrons. The summed E-state index contributed by atoms with van der Waals surface area (Å²) in [5, 5.41) is 14.0. The van der Waals surface area contributed by atoms with Crippen molar-refractivity contribution in [3.63, 3.8) is 0 Å². The van der Waals surface area contributed by atoms with Gasteiger partial charge in [-0.2, -0.15) is 0 Å². The average molecular weight is 763 g/mol. The Morgan fingerprint density at radius 1 is 0.367 bits per heavy atom. The number of nitrogens with zero attached hydrogens (tertiary/aromatic N) is 4. The highest BCUT2D eigenvalue weighted by atomic mass is 15.1. The lowest BCUT2D eigenvalue weighted by Gasteiger charge is -2.18. The van der Waals surface area contributed by atoms with Gasteiger partial charge < -0.3 is 4.57 Å². The van der Waals surface area contributed by atoms with Crippen LogP contribution in [0.15, 0.2) is 206 Å². The number of imidazole rings is 1. The van der Waals surface area contributed by atoms with Gasteiger partial charge in [-0.15, -0.1) is 0 Å². The first kappa shape index (κ1) is 32.9. The minimum absolute atomic E-state index is 0.875. The maximum atomic E-state index is 5.69. The summed E-state index contributed by atoms with van der Waals surface area (Å²) in [5.74, 6) is 0.875. The molecule has 0 aliphatic carbocycles. The molecule has 278 valence electrons. The van der Waals surface area contributed by atoms with Gasteiger partial charge in [-0.3, -0.25) is 9.55 Å². The van der Waals surface area contributed by atoms with Crippen molar-refractivity contribution in [3.05, 3.63) is 206 Å². The molecule has 60 heavy (non-hydrogen) atoms. The molecule has 0 aliphatic rings. The molecule has 3 heterocycles. The van der Waals surface area contributed by atoms with E-state index in [-0.39, 0.29) is 0 Å². The van der Waals surface area contributed by atoms with E-state index in [1.165, 1.54) is 48.6 Å². The van der Waals surface area contributed by atoms with Crippen molar-refractivity contribution in [2.75, 3.05) is 0 Å². The van der Waals surface area contributed by atoms with Gasteiger partial charge in [0, 0.05) is 49.1 Å². The van der Waals surface area contributed by atoms with Crippen LogP contribution in [0.25, 0.3) is 121 Å². The van der Waals surface area contributed by atoms with E-state index in [4.69, 9.17) is 9.97 Å². The molecule has 10 aromatic carbocycles. The number of fused-ring (bicyclic) bond motifs is 12. The van der Waals surface area contributed by atoms with Gasteiger partial charge >= 0.3 is 0 Å². The molecular weight excluding hydrogens is 729 g/mol. The van der Waals surface area contributed by atoms with Gasteiger partial charge in [0.15, 0.2) is 0 Å². The summed E-state index contributed by atoms with van der Waals surface area (Å²) in [6.45, 7) is 0. The van der Waals surface area contributed by atoms with Crippen LogP contribution < -0.4 is 0 Å². The maximum absolute atomic E-state index is 5.69. The topological polar surface area (TPSA) is 35.6 Å².